The number of nitrogens with zero attached hydrogens (tertiary/aromatic N) is 2. The predicted molar refractivity (Wildman–Crippen MR) is 118 cm³/mol. The Balaban J connectivity index is 0.00000338. The number of rotatable bonds is 9. The van der Waals surface area contributed by atoms with E-state index in [2.05, 4.69) is 64.8 Å². The number of aliphatic imine (C=N–C) groups is 1. The molecule has 0 aliphatic heterocycles. The van der Waals surface area contributed by atoms with Crippen LogP contribution in [-0.2, 0) is 6.42 Å². The molecule has 0 fully saturated rings. The molecule has 0 aliphatic carbocycles. The molecule has 26 heavy (non-hydrogen) atoms. The van der Waals surface area contributed by atoms with Gasteiger partial charge >= 0.3 is 0 Å². The number of halogens is 1. The van der Waals surface area contributed by atoms with Crippen LogP contribution in [0.1, 0.15) is 25.8 Å². The Kier molecular flexibility index (Phi) is 11.4. The molecular formula is C20H29IN4O. The van der Waals surface area contributed by atoms with E-state index in [-0.39, 0.29) is 24.0 Å². The molecule has 0 spiro atoms. The van der Waals surface area contributed by atoms with Crippen LogP contribution in [0.15, 0.2) is 59.9 Å². The number of pyridine rings is 1. The van der Waals surface area contributed by atoms with Gasteiger partial charge in [-0.15, -0.1) is 24.0 Å². The van der Waals surface area contributed by atoms with E-state index in [1.165, 1.54) is 5.56 Å². The predicted octanol–water partition coefficient (Wildman–Crippen LogP) is 3.65. The second-order valence-corrected chi connectivity index (χ2v) is 5.87. The summed E-state index contributed by atoms with van der Waals surface area (Å²) in [6, 6.07) is 14.7. The van der Waals surface area contributed by atoms with E-state index in [4.69, 9.17) is 4.74 Å². The number of benzene rings is 1. The van der Waals surface area contributed by atoms with Crippen molar-refractivity contribution in [3.63, 3.8) is 0 Å². The Bertz CT molecular complexity index is 622. The fraction of sp³-hybridized carbons (Fsp3) is 0.400. The molecule has 0 amide bonds. The van der Waals surface area contributed by atoms with Gasteiger partial charge in [0.15, 0.2) is 5.96 Å². The van der Waals surface area contributed by atoms with Crippen LogP contribution >= 0.6 is 24.0 Å². The maximum atomic E-state index is 5.62. The van der Waals surface area contributed by atoms with Crippen LogP contribution in [0.5, 0.6) is 5.75 Å². The minimum Gasteiger partial charge on any atom is -0.490 e. The van der Waals surface area contributed by atoms with Crippen molar-refractivity contribution in [3.05, 3.63) is 60.4 Å². The van der Waals surface area contributed by atoms with Gasteiger partial charge in [0.25, 0.3) is 0 Å². The molecule has 0 saturated heterocycles. The largest absolute Gasteiger partial charge is 0.490 e. The van der Waals surface area contributed by atoms with Crippen LogP contribution in [0, 0.1) is 0 Å². The lowest BCUT2D eigenvalue weighted by Gasteiger charge is -2.18. The highest BCUT2D eigenvalue weighted by Gasteiger charge is 2.05. The third-order valence-electron chi connectivity index (χ3n) is 3.70. The summed E-state index contributed by atoms with van der Waals surface area (Å²) >= 11 is 0. The van der Waals surface area contributed by atoms with Gasteiger partial charge in [-0.05, 0) is 44.4 Å². The van der Waals surface area contributed by atoms with Crippen molar-refractivity contribution in [2.45, 2.75) is 32.7 Å². The van der Waals surface area contributed by atoms with Crippen LogP contribution in [-0.4, -0.2) is 36.7 Å². The molecule has 2 rings (SSSR count). The van der Waals surface area contributed by atoms with Crippen LogP contribution < -0.4 is 15.4 Å². The van der Waals surface area contributed by atoms with Crippen molar-refractivity contribution in [1.29, 1.82) is 0 Å². The topological polar surface area (TPSA) is 58.5 Å². The molecule has 6 heteroatoms. The second-order valence-electron chi connectivity index (χ2n) is 5.87. The highest BCUT2D eigenvalue weighted by Crippen LogP contribution is 2.06. The van der Waals surface area contributed by atoms with Crippen molar-refractivity contribution >= 4 is 29.9 Å². The highest BCUT2D eigenvalue weighted by molar-refractivity contribution is 14.0. The molecule has 1 atom stereocenters. The standard InChI is InChI=1S/C20H28N4O.HI/c1-3-22-20(23-14-15-25-19-10-7-13-21-16-19)24-17(2)11-12-18-8-5-4-6-9-18;/h4-10,13,16-17H,3,11-12,14-15H2,1-2H3,(H2,22,23,24);1H. The van der Waals surface area contributed by atoms with Crippen LogP contribution in [0.25, 0.3) is 0 Å². The van der Waals surface area contributed by atoms with Gasteiger partial charge in [-0.2, -0.15) is 0 Å². The number of hydrogen-bond acceptors (Lipinski definition) is 3. The molecule has 1 aromatic carbocycles. The van der Waals surface area contributed by atoms with Gasteiger partial charge in [-0.1, -0.05) is 30.3 Å². The molecule has 2 N–H and O–H groups in total. The Morgan fingerprint density at radius 3 is 2.69 bits per heavy atom. The number of aryl methyl sites for hydroxylation is 1. The second kappa shape index (κ2) is 13.4. The molecule has 1 unspecified atom stereocenters. The van der Waals surface area contributed by atoms with Gasteiger partial charge in [0.1, 0.15) is 12.4 Å². The van der Waals surface area contributed by atoms with Crippen molar-refractivity contribution in [2.75, 3.05) is 19.7 Å². The van der Waals surface area contributed by atoms with Crippen molar-refractivity contribution in [2.24, 2.45) is 4.99 Å². The lowest BCUT2D eigenvalue weighted by Crippen LogP contribution is -2.42. The van der Waals surface area contributed by atoms with Crippen LogP contribution in [0.4, 0.5) is 0 Å². The maximum absolute atomic E-state index is 5.62. The Hall–Kier alpha value is -1.83. The third-order valence-corrected chi connectivity index (χ3v) is 3.70. The van der Waals surface area contributed by atoms with Crippen molar-refractivity contribution in [3.8, 4) is 5.75 Å². The van der Waals surface area contributed by atoms with E-state index < -0.39 is 0 Å². The average Bonchev–Trinajstić information content (AvgIpc) is 2.65. The van der Waals surface area contributed by atoms with Crippen molar-refractivity contribution in [1.82, 2.24) is 15.6 Å². The quantitative estimate of drug-likeness (QED) is 0.255. The molecule has 0 bridgehead atoms. The van der Waals surface area contributed by atoms with Crippen LogP contribution in [0.2, 0.25) is 0 Å². The van der Waals surface area contributed by atoms with E-state index in [0.717, 1.165) is 31.1 Å². The van der Waals surface area contributed by atoms with E-state index >= 15 is 0 Å². The first-order valence-corrected chi connectivity index (χ1v) is 8.89. The fourth-order valence-electron chi connectivity index (χ4n) is 2.41. The van der Waals surface area contributed by atoms with Gasteiger partial charge in [0, 0.05) is 18.8 Å². The molecule has 0 saturated carbocycles. The number of hydrogen-bond donors (Lipinski definition) is 2. The van der Waals surface area contributed by atoms with Gasteiger partial charge in [-0.3, -0.25) is 4.98 Å². The molecule has 0 radical (unpaired) electrons. The number of aromatic nitrogens is 1. The molecule has 2 aromatic rings. The number of nitrogens with one attached hydrogen (secondary N) is 2. The summed E-state index contributed by atoms with van der Waals surface area (Å²) in [5.74, 6) is 1.60. The fourth-order valence-corrected chi connectivity index (χ4v) is 2.41. The Morgan fingerprint density at radius 2 is 2.00 bits per heavy atom. The molecule has 142 valence electrons. The minimum atomic E-state index is 0. The summed E-state index contributed by atoms with van der Waals surface area (Å²) in [6.07, 6.45) is 5.55. The number of ether oxygens (including phenoxy) is 1. The maximum Gasteiger partial charge on any atom is 0.191 e. The minimum absolute atomic E-state index is 0. The van der Waals surface area contributed by atoms with E-state index in [9.17, 15) is 0 Å². The monoisotopic (exact) mass is 468 g/mol. The summed E-state index contributed by atoms with van der Waals surface area (Å²) in [5, 5.41) is 6.74. The SMILES string of the molecule is CCNC(=NCCOc1cccnc1)NC(C)CCc1ccccc1.I. The first-order valence-electron chi connectivity index (χ1n) is 8.89. The first kappa shape index (κ1) is 22.2. The normalized spacial score (nSPS) is 12.0. The van der Waals surface area contributed by atoms with Gasteiger partial charge < -0.3 is 15.4 Å². The zero-order chi connectivity index (χ0) is 17.7. The van der Waals surface area contributed by atoms with E-state index in [1.807, 2.05) is 12.1 Å². The molecule has 1 heterocycles. The van der Waals surface area contributed by atoms with E-state index in [0.29, 0.717) is 19.2 Å². The smallest absolute Gasteiger partial charge is 0.191 e. The average molecular weight is 468 g/mol. The molecule has 5 nitrogen and oxygen atoms in total. The van der Waals surface area contributed by atoms with Gasteiger partial charge in [0.2, 0.25) is 0 Å². The number of guanidine groups is 1. The Morgan fingerprint density at radius 1 is 1.19 bits per heavy atom. The van der Waals surface area contributed by atoms with Gasteiger partial charge in [0.05, 0.1) is 12.7 Å². The molecule has 1 aromatic heterocycles. The lowest BCUT2D eigenvalue weighted by molar-refractivity contribution is 0.327. The molecular weight excluding hydrogens is 439 g/mol. The van der Waals surface area contributed by atoms with Gasteiger partial charge in [-0.25, -0.2) is 4.99 Å². The highest BCUT2D eigenvalue weighted by atomic mass is 127. The zero-order valence-electron chi connectivity index (χ0n) is 15.5. The zero-order valence-corrected chi connectivity index (χ0v) is 17.9. The third kappa shape index (κ3) is 9.03. The summed E-state index contributed by atoms with van der Waals surface area (Å²) in [6.45, 7) is 6.21. The summed E-state index contributed by atoms with van der Waals surface area (Å²) in [4.78, 5) is 8.60. The Labute approximate surface area is 173 Å². The lowest BCUT2D eigenvalue weighted by atomic mass is 10.1. The van der Waals surface area contributed by atoms with Crippen LogP contribution in [0.3, 0.4) is 0 Å². The first-order chi connectivity index (χ1) is 12.3. The summed E-state index contributed by atoms with van der Waals surface area (Å²) in [7, 11) is 0. The van der Waals surface area contributed by atoms with E-state index in [1.54, 1.807) is 12.4 Å². The molecule has 0 aliphatic rings. The summed E-state index contributed by atoms with van der Waals surface area (Å²) in [5.41, 5.74) is 1.36. The summed E-state index contributed by atoms with van der Waals surface area (Å²) < 4.78 is 5.62. The van der Waals surface area contributed by atoms with Crippen molar-refractivity contribution < 1.29 is 4.74 Å².